The van der Waals surface area contributed by atoms with Gasteiger partial charge in [-0.15, -0.1) is 0 Å². The standard InChI is InChI=1S/C14H23N5O5/c15-11(17-18-16)2-1-8-3-4-13-9(5-8)6-10(12(21)22)19(7-20)14(13,23)24-13/h7-10,18,23H,1-6,16H2,(H2,15,17)(H,21,22). The van der Waals surface area contributed by atoms with Crippen LogP contribution in [0.15, 0.2) is 5.10 Å². The quantitative estimate of drug-likeness (QED) is 0.0986. The predicted octanol–water partition coefficient (Wildman–Crippen LogP) is -1.35. The Balaban J connectivity index is 1.70. The minimum absolute atomic E-state index is 0.107. The number of nitrogens with one attached hydrogen (secondary N) is 1. The number of carboxylic acid groups (broad SMARTS) is 1. The molecule has 0 radical (unpaired) electrons. The predicted molar refractivity (Wildman–Crippen MR) is 81.7 cm³/mol. The van der Waals surface area contributed by atoms with Crippen LogP contribution in [-0.4, -0.2) is 50.9 Å². The molecule has 134 valence electrons. The maximum Gasteiger partial charge on any atom is 0.326 e. The van der Waals surface area contributed by atoms with Crippen molar-refractivity contribution >= 4 is 18.2 Å². The van der Waals surface area contributed by atoms with E-state index in [1.807, 2.05) is 0 Å². The van der Waals surface area contributed by atoms with Crippen LogP contribution >= 0.6 is 0 Å². The van der Waals surface area contributed by atoms with Gasteiger partial charge < -0.3 is 20.7 Å². The number of amides is 1. The number of hydrogen-bond acceptors (Lipinski definition) is 7. The molecule has 10 nitrogen and oxygen atoms in total. The van der Waals surface area contributed by atoms with Gasteiger partial charge in [-0.25, -0.2) is 16.2 Å². The minimum atomic E-state index is -1.78. The monoisotopic (exact) mass is 341 g/mol. The maximum atomic E-state index is 11.5. The molecule has 1 amide bonds. The van der Waals surface area contributed by atoms with E-state index in [9.17, 15) is 19.8 Å². The number of aliphatic hydroxyl groups is 1. The Labute approximate surface area is 138 Å². The van der Waals surface area contributed by atoms with E-state index in [4.69, 9.17) is 16.3 Å². The van der Waals surface area contributed by atoms with Crippen molar-refractivity contribution in [3.8, 4) is 0 Å². The van der Waals surface area contributed by atoms with Gasteiger partial charge in [-0.05, 0) is 43.9 Å². The molecule has 1 aliphatic carbocycles. The number of hydrazone groups is 1. The number of amidine groups is 1. The first-order valence-electron chi connectivity index (χ1n) is 8.04. The SMILES string of the molecule is NN/N=C(\N)CCC1CCC23OC2(O)N(C=O)C(C(=O)O)CC3C1. The van der Waals surface area contributed by atoms with Crippen LogP contribution in [-0.2, 0) is 14.3 Å². The fourth-order valence-corrected chi connectivity index (χ4v) is 4.39. The third-order valence-corrected chi connectivity index (χ3v) is 5.64. The van der Waals surface area contributed by atoms with Crippen molar-refractivity contribution < 1.29 is 24.5 Å². The highest BCUT2D eigenvalue weighted by Crippen LogP contribution is 2.64. The van der Waals surface area contributed by atoms with Gasteiger partial charge in [-0.2, -0.15) is 5.10 Å². The molecular formula is C14H23N5O5. The van der Waals surface area contributed by atoms with Crippen LogP contribution in [0.3, 0.4) is 0 Å². The number of carbonyl (C=O) groups excluding carboxylic acids is 1. The summed E-state index contributed by atoms with van der Waals surface area (Å²) in [5.41, 5.74) is 7.04. The Bertz CT molecular complexity index is 572. The van der Waals surface area contributed by atoms with E-state index in [0.29, 0.717) is 31.0 Å². The van der Waals surface area contributed by atoms with Crippen molar-refractivity contribution in [2.24, 2.45) is 28.5 Å². The van der Waals surface area contributed by atoms with E-state index in [0.717, 1.165) is 24.2 Å². The van der Waals surface area contributed by atoms with Crippen molar-refractivity contribution in [2.45, 2.75) is 56.1 Å². The number of carbonyl (C=O) groups is 2. The van der Waals surface area contributed by atoms with Crippen LogP contribution in [0.1, 0.15) is 38.5 Å². The van der Waals surface area contributed by atoms with Gasteiger partial charge in [-0.3, -0.25) is 9.69 Å². The smallest absolute Gasteiger partial charge is 0.326 e. The van der Waals surface area contributed by atoms with Gasteiger partial charge in [0.1, 0.15) is 11.9 Å². The van der Waals surface area contributed by atoms with Crippen molar-refractivity contribution in [1.82, 2.24) is 10.4 Å². The number of epoxide rings is 1. The first-order valence-corrected chi connectivity index (χ1v) is 8.04. The zero-order chi connectivity index (χ0) is 17.5. The van der Waals surface area contributed by atoms with Crippen LogP contribution in [0.2, 0.25) is 0 Å². The normalized spacial score (nSPS) is 41.2. The second kappa shape index (κ2) is 5.87. The molecule has 0 bridgehead atoms. The number of likely N-dealkylation sites (tertiary alicyclic amines) is 1. The number of carboxylic acids is 1. The Morgan fingerprint density at radius 2 is 2.25 bits per heavy atom. The first kappa shape index (κ1) is 16.9. The van der Waals surface area contributed by atoms with Crippen LogP contribution in [0.25, 0.3) is 0 Å². The second-order valence-electron chi connectivity index (χ2n) is 6.81. The number of aliphatic carboxylic acids is 1. The molecule has 2 saturated heterocycles. The highest BCUT2D eigenvalue weighted by atomic mass is 16.8. The third-order valence-electron chi connectivity index (χ3n) is 5.64. The molecule has 1 spiro atoms. The zero-order valence-electron chi connectivity index (χ0n) is 13.2. The Hall–Kier alpha value is -1.91. The zero-order valence-corrected chi connectivity index (χ0v) is 13.2. The number of nitrogens with two attached hydrogens (primary N) is 2. The number of hydrazine groups is 1. The molecule has 3 aliphatic rings. The lowest BCUT2D eigenvalue weighted by Crippen LogP contribution is -2.60. The lowest BCUT2D eigenvalue weighted by atomic mass is 9.67. The molecule has 5 unspecified atom stereocenters. The maximum absolute atomic E-state index is 11.5. The van der Waals surface area contributed by atoms with E-state index in [1.54, 1.807) is 0 Å². The number of piperidine rings is 1. The minimum Gasteiger partial charge on any atom is -0.480 e. The van der Waals surface area contributed by atoms with Crippen molar-refractivity contribution in [3.05, 3.63) is 0 Å². The molecule has 3 rings (SSSR count). The van der Waals surface area contributed by atoms with Crippen molar-refractivity contribution in [1.29, 1.82) is 0 Å². The highest BCUT2D eigenvalue weighted by molar-refractivity contribution is 5.80. The number of nitrogens with zero attached hydrogens (tertiary/aromatic N) is 2. The fraction of sp³-hybridized carbons (Fsp3) is 0.786. The number of ether oxygens (including phenoxy) is 1. The van der Waals surface area contributed by atoms with Gasteiger partial charge in [-0.1, -0.05) is 0 Å². The van der Waals surface area contributed by atoms with Crippen LogP contribution < -0.4 is 17.1 Å². The molecule has 10 heteroatoms. The molecular weight excluding hydrogens is 318 g/mol. The summed E-state index contributed by atoms with van der Waals surface area (Å²) in [7, 11) is 0. The molecule has 2 aliphatic heterocycles. The van der Waals surface area contributed by atoms with Gasteiger partial charge in [0.05, 0.1) is 0 Å². The summed E-state index contributed by atoms with van der Waals surface area (Å²) in [5.74, 6) is 2.81. The lowest BCUT2D eigenvalue weighted by molar-refractivity contribution is -0.176. The number of hydrogen-bond donors (Lipinski definition) is 5. The van der Waals surface area contributed by atoms with Gasteiger partial charge >= 0.3 is 5.97 Å². The van der Waals surface area contributed by atoms with Crippen molar-refractivity contribution in [2.75, 3.05) is 0 Å². The van der Waals surface area contributed by atoms with Crippen molar-refractivity contribution in [3.63, 3.8) is 0 Å². The molecule has 2 heterocycles. The molecule has 3 fully saturated rings. The van der Waals surface area contributed by atoms with Gasteiger partial charge in [0, 0.05) is 6.42 Å². The summed E-state index contributed by atoms with van der Waals surface area (Å²) in [4.78, 5) is 23.6. The highest BCUT2D eigenvalue weighted by Gasteiger charge is 2.80. The summed E-state index contributed by atoms with van der Waals surface area (Å²) >= 11 is 0. The third kappa shape index (κ3) is 2.41. The van der Waals surface area contributed by atoms with E-state index >= 15 is 0 Å². The fourth-order valence-electron chi connectivity index (χ4n) is 4.39. The van der Waals surface area contributed by atoms with Gasteiger partial charge in [0.15, 0.2) is 5.60 Å². The molecule has 5 atom stereocenters. The summed E-state index contributed by atoms with van der Waals surface area (Å²) in [5, 5.41) is 23.7. The van der Waals surface area contributed by atoms with Crippen LogP contribution in [0.5, 0.6) is 0 Å². The summed E-state index contributed by atoms with van der Waals surface area (Å²) in [6, 6.07) is -1.07. The lowest BCUT2D eigenvalue weighted by Gasteiger charge is -2.43. The average Bonchev–Trinajstić information content (AvgIpc) is 3.16. The Kier molecular flexibility index (Phi) is 4.14. The average molecular weight is 341 g/mol. The topological polar surface area (TPSA) is 167 Å². The Morgan fingerprint density at radius 3 is 2.88 bits per heavy atom. The molecule has 0 aromatic heterocycles. The number of rotatable bonds is 6. The van der Waals surface area contributed by atoms with Gasteiger partial charge in [0.25, 0.3) is 5.91 Å². The van der Waals surface area contributed by atoms with Crippen LogP contribution in [0, 0.1) is 11.8 Å². The first-order chi connectivity index (χ1) is 11.4. The van der Waals surface area contributed by atoms with E-state index in [1.165, 1.54) is 0 Å². The molecule has 24 heavy (non-hydrogen) atoms. The summed E-state index contributed by atoms with van der Waals surface area (Å²) in [6.45, 7) is 0. The largest absolute Gasteiger partial charge is 0.480 e. The second-order valence-corrected chi connectivity index (χ2v) is 6.81. The molecule has 0 aromatic carbocycles. The van der Waals surface area contributed by atoms with E-state index < -0.39 is 23.5 Å². The van der Waals surface area contributed by atoms with Gasteiger partial charge in [0.2, 0.25) is 6.41 Å². The summed E-state index contributed by atoms with van der Waals surface area (Å²) in [6.07, 6.45) is 4.16. The molecule has 0 aromatic rings. The van der Waals surface area contributed by atoms with Crippen LogP contribution in [0.4, 0.5) is 0 Å². The summed E-state index contributed by atoms with van der Waals surface area (Å²) < 4.78 is 5.57. The van der Waals surface area contributed by atoms with E-state index in [2.05, 4.69) is 10.6 Å². The molecule has 7 N–H and O–H groups in total. The Morgan fingerprint density at radius 1 is 1.50 bits per heavy atom. The molecule has 1 saturated carbocycles. The van der Waals surface area contributed by atoms with E-state index in [-0.39, 0.29) is 12.3 Å².